The molecule has 0 spiro atoms. The summed E-state index contributed by atoms with van der Waals surface area (Å²) in [5.74, 6) is 0. The predicted molar refractivity (Wildman–Crippen MR) is 74.2 cm³/mol. The number of nitrogens with zero attached hydrogens (tertiary/aromatic N) is 2. The fourth-order valence-corrected chi connectivity index (χ4v) is 1.82. The van der Waals surface area contributed by atoms with Crippen LogP contribution in [0.15, 0.2) is 30.5 Å². The molecule has 0 aromatic heterocycles. The van der Waals surface area contributed by atoms with E-state index in [0.29, 0.717) is 12.1 Å². The van der Waals surface area contributed by atoms with Gasteiger partial charge in [0, 0.05) is 30.4 Å². The van der Waals surface area contributed by atoms with Gasteiger partial charge in [-0.25, -0.2) is 0 Å². The Balaban J connectivity index is 2.80. The van der Waals surface area contributed by atoms with E-state index in [1.54, 1.807) is 12.1 Å². The standard InChI is InChI=1S/C14H20N2O2/c1-11(2)15(12(3)4)10-9-13-5-7-14(8-6-13)16(17)18/h5-12H,1-4H3/b10-9+. The molecule has 0 bridgehead atoms. The largest absolute Gasteiger partial charge is 0.373 e. The van der Waals surface area contributed by atoms with Crippen molar-refractivity contribution in [1.29, 1.82) is 0 Å². The molecule has 0 aliphatic carbocycles. The van der Waals surface area contributed by atoms with Crippen molar-refractivity contribution in [2.24, 2.45) is 0 Å². The van der Waals surface area contributed by atoms with E-state index in [1.165, 1.54) is 12.1 Å². The summed E-state index contributed by atoms with van der Waals surface area (Å²) in [6.45, 7) is 8.56. The van der Waals surface area contributed by atoms with E-state index in [4.69, 9.17) is 0 Å². The highest BCUT2D eigenvalue weighted by atomic mass is 16.6. The first-order valence-electron chi connectivity index (χ1n) is 6.12. The van der Waals surface area contributed by atoms with Crippen molar-refractivity contribution in [3.63, 3.8) is 0 Å². The van der Waals surface area contributed by atoms with Gasteiger partial charge in [-0.15, -0.1) is 0 Å². The van der Waals surface area contributed by atoms with Crippen LogP contribution in [-0.4, -0.2) is 21.9 Å². The Morgan fingerprint density at radius 2 is 1.61 bits per heavy atom. The van der Waals surface area contributed by atoms with Crippen molar-refractivity contribution in [3.05, 3.63) is 46.1 Å². The highest BCUT2D eigenvalue weighted by Gasteiger charge is 2.08. The SMILES string of the molecule is CC(C)N(/C=C/c1ccc([N+](=O)[O-])cc1)C(C)C. The normalized spacial score (nSPS) is 11.4. The van der Waals surface area contributed by atoms with Gasteiger partial charge in [-0.2, -0.15) is 0 Å². The van der Waals surface area contributed by atoms with E-state index in [1.807, 2.05) is 12.3 Å². The molecule has 98 valence electrons. The van der Waals surface area contributed by atoms with Crippen LogP contribution >= 0.6 is 0 Å². The second-order valence-electron chi connectivity index (χ2n) is 4.80. The maximum Gasteiger partial charge on any atom is 0.269 e. The molecule has 0 atom stereocenters. The molecule has 0 amide bonds. The second-order valence-corrected chi connectivity index (χ2v) is 4.80. The number of rotatable bonds is 5. The minimum atomic E-state index is -0.387. The maximum absolute atomic E-state index is 10.5. The lowest BCUT2D eigenvalue weighted by molar-refractivity contribution is -0.384. The Kier molecular flexibility index (Phi) is 4.89. The minimum Gasteiger partial charge on any atom is -0.373 e. The van der Waals surface area contributed by atoms with Crippen LogP contribution in [0.4, 0.5) is 5.69 Å². The third-order valence-electron chi connectivity index (χ3n) is 2.74. The fraction of sp³-hybridized carbons (Fsp3) is 0.429. The van der Waals surface area contributed by atoms with Gasteiger partial charge in [-0.1, -0.05) is 0 Å². The van der Waals surface area contributed by atoms with E-state index >= 15 is 0 Å². The summed E-state index contributed by atoms with van der Waals surface area (Å²) in [6, 6.07) is 7.42. The Hall–Kier alpha value is -1.84. The number of nitro groups is 1. The molecule has 1 aromatic rings. The quantitative estimate of drug-likeness (QED) is 0.589. The van der Waals surface area contributed by atoms with Crippen LogP contribution in [0.5, 0.6) is 0 Å². The topological polar surface area (TPSA) is 46.4 Å². The molecule has 4 heteroatoms. The summed E-state index contributed by atoms with van der Waals surface area (Å²) in [6.07, 6.45) is 4.01. The van der Waals surface area contributed by atoms with Crippen molar-refractivity contribution in [1.82, 2.24) is 4.90 Å². The zero-order valence-corrected chi connectivity index (χ0v) is 11.3. The third kappa shape index (κ3) is 3.87. The Bertz CT molecular complexity index is 414. The monoisotopic (exact) mass is 248 g/mol. The molecule has 0 aliphatic rings. The van der Waals surface area contributed by atoms with Gasteiger partial charge >= 0.3 is 0 Å². The van der Waals surface area contributed by atoms with Crippen molar-refractivity contribution >= 4 is 11.8 Å². The molecule has 1 aromatic carbocycles. The van der Waals surface area contributed by atoms with E-state index in [2.05, 4.69) is 32.6 Å². The lowest BCUT2D eigenvalue weighted by atomic mass is 10.2. The predicted octanol–water partition coefficient (Wildman–Crippen LogP) is 3.68. The van der Waals surface area contributed by atoms with E-state index in [0.717, 1.165) is 5.56 Å². The summed E-state index contributed by atoms with van der Waals surface area (Å²) in [4.78, 5) is 12.4. The van der Waals surface area contributed by atoms with Crippen LogP contribution in [-0.2, 0) is 0 Å². The molecule has 0 saturated heterocycles. The van der Waals surface area contributed by atoms with Crippen molar-refractivity contribution < 1.29 is 4.92 Å². The average molecular weight is 248 g/mol. The van der Waals surface area contributed by atoms with Gasteiger partial charge in [0.2, 0.25) is 0 Å². The number of non-ortho nitro benzene ring substituents is 1. The smallest absolute Gasteiger partial charge is 0.269 e. The molecular weight excluding hydrogens is 228 g/mol. The number of hydrogen-bond donors (Lipinski definition) is 0. The highest BCUT2D eigenvalue weighted by Crippen LogP contribution is 2.14. The molecule has 0 aliphatic heterocycles. The highest BCUT2D eigenvalue weighted by molar-refractivity contribution is 5.51. The van der Waals surface area contributed by atoms with Crippen LogP contribution in [0, 0.1) is 10.1 Å². The lowest BCUT2D eigenvalue weighted by Gasteiger charge is -2.29. The molecule has 0 N–H and O–H groups in total. The van der Waals surface area contributed by atoms with Gasteiger partial charge in [0.15, 0.2) is 0 Å². The number of benzene rings is 1. The van der Waals surface area contributed by atoms with Crippen LogP contribution < -0.4 is 0 Å². The Morgan fingerprint density at radius 3 is 2.00 bits per heavy atom. The van der Waals surface area contributed by atoms with Crippen LogP contribution in [0.3, 0.4) is 0 Å². The molecule has 0 saturated carbocycles. The Labute approximate surface area is 108 Å². The second kappa shape index (κ2) is 6.19. The van der Waals surface area contributed by atoms with Crippen molar-refractivity contribution in [3.8, 4) is 0 Å². The van der Waals surface area contributed by atoms with Crippen LogP contribution in [0.1, 0.15) is 33.3 Å². The maximum atomic E-state index is 10.5. The van der Waals surface area contributed by atoms with E-state index in [-0.39, 0.29) is 10.6 Å². The van der Waals surface area contributed by atoms with Gasteiger partial charge in [0.05, 0.1) is 4.92 Å². The van der Waals surface area contributed by atoms with Gasteiger partial charge in [-0.3, -0.25) is 10.1 Å². The summed E-state index contributed by atoms with van der Waals surface area (Å²) in [5.41, 5.74) is 1.09. The molecule has 0 fully saturated rings. The average Bonchev–Trinajstić information content (AvgIpc) is 2.28. The van der Waals surface area contributed by atoms with Crippen LogP contribution in [0.2, 0.25) is 0 Å². The van der Waals surface area contributed by atoms with Crippen molar-refractivity contribution in [2.75, 3.05) is 0 Å². The summed E-state index contributed by atoms with van der Waals surface area (Å²) < 4.78 is 0. The molecule has 0 unspecified atom stereocenters. The van der Waals surface area contributed by atoms with E-state index < -0.39 is 0 Å². The van der Waals surface area contributed by atoms with Gasteiger partial charge in [-0.05, 0) is 51.5 Å². The minimum absolute atomic E-state index is 0.122. The van der Waals surface area contributed by atoms with Gasteiger partial charge < -0.3 is 4.90 Å². The first-order chi connectivity index (χ1) is 8.41. The van der Waals surface area contributed by atoms with Crippen LogP contribution in [0.25, 0.3) is 6.08 Å². The summed E-state index contributed by atoms with van der Waals surface area (Å²) >= 11 is 0. The summed E-state index contributed by atoms with van der Waals surface area (Å²) in [5, 5.41) is 10.5. The Morgan fingerprint density at radius 1 is 1.11 bits per heavy atom. The zero-order valence-electron chi connectivity index (χ0n) is 11.3. The summed E-state index contributed by atoms with van der Waals surface area (Å²) in [7, 11) is 0. The lowest BCUT2D eigenvalue weighted by Crippen LogP contribution is -2.31. The van der Waals surface area contributed by atoms with E-state index in [9.17, 15) is 10.1 Å². The molecule has 1 rings (SSSR count). The first-order valence-corrected chi connectivity index (χ1v) is 6.12. The first kappa shape index (κ1) is 14.2. The fourth-order valence-electron chi connectivity index (χ4n) is 1.82. The van der Waals surface area contributed by atoms with Gasteiger partial charge in [0.1, 0.15) is 0 Å². The zero-order chi connectivity index (χ0) is 13.7. The molecule has 0 radical (unpaired) electrons. The number of nitro benzene ring substituents is 1. The van der Waals surface area contributed by atoms with Gasteiger partial charge in [0.25, 0.3) is 5.69 Å². The molecule has 18 heavy (non-hydrogen) atoms. The number of hydrogen-bond acceptors (Lipinski definition) is 3. The van der Waals surface area contributed by atoms with Crippen molar-refractivity contribution in [2.45, 2.75) is 39.8 Å². The third-order valence-corrected chi connectivity index (χ3v) is 2.74. The molecular formula is C14H20N2O2. The molecule has 4 nitrogen and oxygen atoms in total. The molecule has 0 heterocycles.